The highest BCUT2D eigenvalue weighted by molar-refractivity contribution is 6.14. The van der Waals surface area contributed by atoms with E-state index in [0.29, 0.717) is 5.71 Å². The first-order valence-electron chi connectivity index (χ1n) is 16.2. The number of aromatic nitrogens is 1. The van der Waals surface area contributed by atoms with E-state index in [1.54, 1.807) is 6.20 Å². The minimum absolute atomic E-state index is 0.670. The van der Waals surface area contributed by atoms with Gasteiger partial charge in [0.15, 0.2) is 0 Å². The molecule has 0 saturated carbocycles. The third-order valence-corrected chi connectivity index (χ3v) is 9.16. The Hall–Kier alpha value is -6.45. The highest BCUT2D eigenvalue weighted by Crippen LogP contribution is 2.39. The van der Waals surface area contributed by atoms with Crippen LogP contribution in [0.4, 0.5) is 17.1 Å². The lowest BCUT2D eigenvalue weighted by molar-refractivity contribution is 0.657. The molecule has 9 aromatic rings. The monoisotopic (exact) mass is 614 g/mol. The molecule has 2 heterocycles. The fourth-order valence-corrected chi connectivity index (χ4v) is 6.68. The second kappa shape index (κ2) is 11.7. The number of rotatable bonds is 6. The standard InChI is InChI=1S/C45H30N2O/c1-3-8-31(9-4-1)33-15-22-38(23-16-33)47(39-24-17-34(18-25-39)32-10-5-2-6-11-32)40-26-19-35(20-27-40)37-14-13-36-21-28-41-42-12-7-29-46-45(42)48-44(41)43(36)30-37/h1-30H. The fraction of sp³-hybridized carbons (Fsp3) is 0. The van der Waals surface area contributed by atoms with Gasteiger partial charge in [-0.2, -0.15) is 0 Å². The molecule has 226 valence electrons. The van der Waals surface area contributed by atoms with E-state index >= 15 is 0 Å². The second-order valence-electron chi connectivity index (χ2n) is 12.0. The molecule has 3 heteroatoms. The third-order valence-electron chi connectivity index (χ3n) is 9.16. The SMILES string of the molecule is c1ccc(-c2ccc(N(c3ccc(-c4ccccc4)cc3)c3ccc(-c4ccc5ccc6c7cccnc7oc6c5c4)cc3)cc2)cc1. The molecule has 0 spiro atoms. The molecule has 2 aromatic heterocycles. The predicted molar refractivity (Wildman–Crippen MR) is 200 cm³/mol. The molecule has 0 aliphatic heterocycles. The van der Waals surface area contributed by atoms with E-state index in [1.165, 1.54) is 22.3 Å². The molecule has 0 amide bonds. The Morgan fingerprint density at radius 1 is 0.375 bits per heavy atom. The van der Waals surface area contributed by atoms with Crippen LogP contribution >= 0.6 is 0 Å². The molecule has 0 aliphatic rings. The number of benzene rings is 7. The molecule has 0 N–H and O–H groups in total. The van der Waals surface area contributed by atoms with Gasteiger partial charge in [-0.15, -0.1) is 0 Å². The number of anilines is 3. The summed E-state index contributed by atoms with van der Waals surface area (Å²) in [5, 5.41) is 4.36. The molecular weight excluding hydrogens is 585 g/mol. The van der Waals surface area contributed by atoms with Crippen LogP contribution in [-0.4, -0.2) is 4.98 Å². The molecule has 0 fully saturated rings. The molecule has 0 saturated heterocycles. The van der Waals surface area contributed by atoms with E-state index < -0.39 is 0 Å². The lowest BCUT2D eigenvalue weighted by Gasteiger charge is -2.26. The Balaban J connectivity index is 1.10. The van der Waals surface area contributed by atoms with Gasteiger partial charge in [0, 0.05) is 39.4 Å². The average Bonchev–Trinajstić information content (AvgIpc) is 3.56. The van der Waals surface area contributed by atoms with Crippen molar-refractivity contribution in [2.24, 2.45) is 0 Å². The van der Waals surface area contributed by atoms with Crippen molar-refractivity contribution in [3.8, 4) is 33.4 Å². The zero-order valence-electron chi connectivity index (χ0n) is 26.1. The normalized spacial score (nSPS) is 11.3. The first kappa shape index (κ1) is 27.8. The van der Waals surface area contributed by atoms with Gasteiger partial charge in [-0.3, -0.25) is 0 Å². The van der Waals surface area contributed by atoms with Crippen LogP contribution in [0.3, 0.4) is 0 Å². The summed E-state index contributed by atoms with van der Waals surface area (Å²) in [5.74, 6) is 0. The topological polar surface area (TPSA) is 29.3 Å². The van der Waals surface area contributed by atoms with Gasteiger partial charge < -0.3 is 9.32 Å². The number of pyridine rings is 1. The van der Waals surface area contributed by atoms with Crippen LogP contribution in [0.15, 0.2) is 187 Å². The third kappa shape index (κ3) is 4.99. The van der Waals surface area contributed by atoms with E-state index in [9.17, 15) is 0 Å². The highest BCUT2D eigenvalue weighted by Gasteiger charge is 2.15. The van der Waals surface area contributed by atoms with Crippen LogP contribution in [0.25, 0.3) is 66.2 Å². The van der Waals surface area contributed by atoms with E-state index in [1.807, 2.05) is 6.07 Å². The lowest BCUT2D eigenvalue weighted by atomic mass is 9.99. The minimum atomic E-state index is 0.670. The maximum atomic E-state index is 6.26. The predicted octanol–water partition coefficient (Wildman–Crippen LogP) is 12.6. The van der Waals surface area contributed by atoms with E-state index in [0.717, 1.165) is 55.3 Å². The number of furan rings is 1. The van der Waals surface area contributed by atoms with Crippen LogP contribution < -0.4 is 4.90 Å². The Labute approximate surface area is 279 Å². The maximum absolute atomic E-state index is 6.26. The Morgan fingerprint density at radius 3 is 1.42 bits per heavy atom. The van der Waals surface area contributed by atoms with Crippen molar-refractivity contribution in [3.63, 3.8) is 0 Å². The molecule has 0 unspecified atom stereocenters. The van der Waals surface area contributed by atoms with Crippen molar-refractivity contribution in [1.82, 2.24) is 4.98 Å². The van der Waals surface area contributed by atoms with Gasteiger partial charge in [-0.1, -0.05) is 115 Å². The lowest BCUT2D eigenvalue weighted by Crippen LogP contribution is -2.09. The average molecular weight is 615 g/mol. The van der Waals surface area contributed by atoms with Crippen molar-refractivity contribution >= 4 is 49.9 Å². The van der Waals surface area contributed by atoms with Gasteiger partial charge in [0.05, 0.1) is 0 Å². The first-order chi connectivity index (χ1) is 23.8. The summed E-state index contributed by atoms with van der Waals surface area (Å²) in [4.78, 5) is 6.77. The molecule has 0 radical (unpaired) electrons. The molecular formula is C45H30N2O. The molecule has 3 nitrogen and oxygen atoms in total. The number of hydrogen-bond acceptors (Lipinski definition) is 3. The van der Waals surface area contributed by atoms with Crippen molar-refractivity contribution in [1.29, 1.82) is 0 Å². The molecule has 7 aromatic carbocycles. The van der Waals surface area contributed by atoms with Crippen LogP contribution in [0.5, 0.6) is 0 Å². The summed E-state index contributed by atoms with van der Waals surface area (Å²) in [6.45, 7) is 0. The van der Waals surface area contributed by atoms with Gasteiger partial charge in [0.1, 0.15) is 5.58 Å². The van der Waals surface area contributed by atoms with Gasteiger partial charge in [0.2, 0.25) is 5.71 Å². The summed E-state index contributed by atoms with van der Waals surface area (Å²) in [5.41, 5.74) is 11.9. The second-order valence-corrected chi connectivity index (χ2v) is 12.0. The van der Waals surface area contributed by atoms with Crippen LogP contribution in [0.1, 0.15) is 0 Å². The van der Waals surface area contributed by atoms with Crippen molar-refractivity contribution in [2.75, 3.05) is 4.90 Å². The van der Waals surface area contributed by atoms with E-state index in [-0.39, 0.29) is 0 Å². The van der Waals surface area contributed by atoms with Crippen LogP contribution in [0, 0.1) is 0 Å². The largest absolute Gasteiger partial charge is 0.437 e. The smallest absolute Gasteiger partial charge is 0.227 e. The Morgan fingerprint density at radius 2 is 0.854 bits per heavy atom. The summed E-state index contributed by atoms with van der Waals surface area (Å²) in [7, 11) is 0. The summed E-state index contributed by atoms with van der Waals surface area (Å²) >= 11 is 0. The summed E-state index contributed by atoms with van der Waals surface area (Å²) in [6, 6.07) is 62.4. The highest BCUT2D eigenvalue weighted by atomic mass is 16.3. The summed E-state index contributed by atoms with van der Waals surface area (Å²) in [6.07, 6.45) is 1.78. The van der Waals surface area contributed by atoms with Crippen molar-refractivity contribution in [2.45, 2.75) is 0 Å². The van der Waals surface area contributed by atoms with Gasteiger partial charge in [-0.05, 0) is 99.4 Å². The van der Waals surface area contributed by atoms with Gasteiger partial charge in [0.25, 0.3) is 0 Å². The molecule has 48 heavy (non-hydrogen) atoms. The zero-order chi connectivity index (χ0) is 31.9. The van der Waals surface area contributed by atoms with Gasteiger partial charge in [-0.25, -0.2) is 4.98 Å². The number of fused-ring (bicyclic) bond motifs is 5. The molecule has 0 atom stereocenters. The van der Waals surface area contributed by atoms with Crippen molar-refractivity contribution < 1.29 is 4.42 Å². The molecule has 0 bridgehead atoms. The van der Waals surface area contributed by atoms with Crippen LogP contribution in [-0.2, 0) is 0 Å². The summed E-state index contributed by atoms with van der Waals surface area (Å²) < 4.78 is 6.26. The van der Waals surface area contributed by atoms with E-state index in [2.05, 4.69) is 180 Å². The fourth-order valence-electron chi connectivity index (χ4n) is 6.68. The molecule has 0 aliphatic carbocycles. The maximum Gasteiger partial charge on any atom is 0.227 e. The Bertz CT molecular complexity index is 2440. The molecule has 9 rings (SSSR count). The number of nitrogens with zero attached hydrogens (tertiary/aromatic N) is 2. The van der Waals surface area contributed by atoms with Crippen molar-refractivity contribution in [3.05, 3.63) is 182 Å². The number of hydrogen-bond donors (Lipinski definition) is 0. The Kier molecular flexibility index (Phi) is 6.80. The quantitative estimate of drug-likeness (QED) is 0.187. The zero-order valence-corrected chi connectivity index (χ0v) is 26.1. The minimum Gasteiger partial charge on any atom is -0.437 e. The van der Waals surface area contributed by atoms with Gasteiger partial charge >= 0.3 is 0 Å². The first-order valence-corrected chi connectivity index (χ1v) is 16.2. The van der Waals surface area contributed by atoms with Crippen LogP contribution in [0.2, 0.25) is 0 Å². The van der Waals surface area contributed by atoms with E-state index in [4.69, 9.17) is 4.42 Å².